The smallest absolute Gasteiger partial charge is 0.257 e. The molecule has 0 aliphatic heterocycles. The summed E-state index contributed by atoms with van der Waals surface area (Å²) in [5, 5.41) is 3.43. The van der Waals surface area contributed by atoms with Crippen LogP contribution in [0.3, 0.4) is 0 Å². The Hall–Kier alpha value is -0.930. The molecule has 1 fully saturated rings. The molecular formula is C13H15Cl2NO2. The molecule has 1 N–H and O–H groups in total. The molecule has 2 rings (SSSR count). The molecule has 1 aliphatic carbocycles. The van der Waals surface area contributed by atoms with Crippen molar-refractivity contribution < 1.29 is 9.53 Å². The minimum atomic E-state index is -0.133. The highest BCUT2D eigenvalue weighted by Gasteiger charge is 2.41. The molecular weight excluding hydrogens is 273 g/mol. The lowest BCUT2D eigenvalue weighted by Crippen LogP contribution is -2.34. The number of hydrogen-bond acceptors (Lipinski definition) is 2. The number of ether oxygens (including phenoxy) is 1. The van der Waals surface area contributed by atoms with Crippen LogP contribution in [0, 0.1) is 5.41 Å². The van der Waals surface area contributed by atoms with Crippen LogP contribution in [0.15, 0.2) is 24.3 Å². The van der Waals surface area contributed by atoms with E-state index < -0.39 is 0 Å². The van der Waals surface area contributed by atoms with Crippen molar-refractivity contribution in [2.75, 3.05) is 19.0 Å². The zero-order chi connectivity index (χ0) is 13.0. The quantitative estimate of drug-likeness (QED) is 0.817. The molecule has 0 atom stereocenters. The number of amides is 1. The Morgan fingerprint density at radius 2 is 2.22 bits per heavy atom. The minimum absolute atomic E-state index is 0.00128. The van der Waals surface area contributed by atoms with Crippen LogP contribution in [-0.2, 0) is 4.79 Å². The van der Waals surface area contributed by atoms with E-state index in [1.54, 1.807) is 24.3 Å². The summed E-state index contributed by atoms with van der Waals surface area (Å²) in [5.74, 6) is 1.06. The monoisotopic (exact) mass is 287 g/mol. The van der Waals surface area contributed by atoms with Gasteiger partial charge < -0.3 is 10.1 Å². The fourth-order valence-corrected chi connectivity index (χ4v) is 2.12. The van der Waals surface area contributed by atoms with Gasteiger partial charge in [-0.25, -0.2) is 0 Å². The fraction of sp³-hybridized carbons (Fsp3) is 0.462. The lowest BCUT2D eigenvalue weighted by molar-refractivity contribution is -0.123. The van der Waals surface area contributed by atoms with Crippen LogP contribution in [0.5, 0.6) is 5.75 Å². The Kier molecular flexibility index (Phi) is 4.36. The normalized spacial score (nSPS) is 16.1. The maximum Gasteiger partial charge on any atom is 0.257 e. The Labute approximate surface area is 116 Å². The van der Waals surface area contributed by atoms with Crippen LogP contribution in [0.25, 0.3) is 0 Å². The van der Waals surface area contributed by atoms with Gasteiger partial charge in [-0.1, -0.05) is 17.7 Å². The second-order valence-electron chi connectivity index (χ2n) is 4.66. The second-order valence-corrected chi connectivity index (χ2v) is 5.36. The molecule has 1 aromatic carbocycles. The predicted molar refractivity (Wildman–Crippen MR) is 72.3 cm³/mol. The predicted octanol–water partition coefficient (Wildman–Crippen LogP) is 2.85. The van der Waals surface area contributed by atoms with Gasteiger partial charge >= 0.3 is 0 Å². The van der Waals surface area contributed by atoms with E-state index in [1.165, 1.54) is 0 Å². The fourth-order valence-electron chi connectivity index (χ4n) is 1.58. The van der Waals surface area contributed by atoms with E-state index in [9.17, 15) is 4.79 Å². The van der Waals surface area contributed by atoms with Crippen molar-refractivity contribution in [3.63, 3.8) is 0 Å². The van der Waals surface area contributed by atoms with Crippen LogP contribution in [0.4, 0.5) is 0 Å². The third-order valence-corrected chi connectivity index (χ3v) is 3.87. The standard InChI is InChI=1S/C13H15Cl2NO2/c14-8-13(4-5-13)9-16-12(17)7-18-11-3-1-2-10(15)6-11/h1-3,6H,4-5,7-9H2,(H,16,17). The Balaban J connectivity index is 1.72. The molecule has 1 aliphatic rings. The largest absolute Gasteiger partial charge is 0.484 e. The number of nitrogens with one attached hydrogen (secondary N) is 1. The van der Waals surface area contributed by atoms with E-state index in [2.05, 4.69) is 5.32 Å². The van der Waals surface area contributed by atoms with Gasteiger partial charge in [-0.2, -0.15) is 0 Å². The Morgan fingerprint density at radius 1 is 1.44 bits per heavy atom. The molecule has 0 radical (unpaired) electrons. The summed E-state index contributed by atoms with van der Waals surface area (Å²) >= 11 is 11.6. The van der Waals surface area contributed by atoms with E-state index in [0.717, 1.165) is 12.8 Å². The van der Waals surface area contributed by atoms with Crippen LogP contribution < -0.4 is 10.1 Å². The van der Waals surface area contributed by atoms with Gasteiger partial charge in [0.1, 0.15) is 5.75 Å². The average Bonchev–Trinajstić information content (AvgIpc) is 3.15. The summed E-state index contributed by atoms with van der Waals surface area (Å²) < 4.78 is 5.34. The van der Waals surface area contributed by atoms with E-state index in [-0.39, 0.29) is 17.9 Å². The highest BCUT2D eigenvalue weighted by atomic mass is 35.5. The number of hydrogen-bond donors (Lipinski definition) is 1. The molecule has 98 valence electrons. The number of carbonyl (C=O) groups excluding carboxylic acids is 1. The van der Waals surface area contributed by atoms with Crippen molar-refractivity contribution in [2.45, 2.75) is 12.8 Å². The van der Waals surface area contributed by atoms with Crippen molar-refractivity contribution in [3.8, 4) is 5.75 Å². The lowest BCUT2D eigenvalue weighted by Gasteiger charge is -2.12. The molecule has 18 heavy (non-hydrogen) atoms. The zero-order valence-electron chi connectivity index (χ0n) is 9.92. The zero-order valence-corrected chi connectivity index (χ0v) is 11.4. The van der Waals surface area contributed by atoms with Crippen molar-refractivity contribution >= 4 is 29.1 Å². The van der Waals surface area contributed by atoms with E-state index >= 15 is 0 Å². The maximum atomic E-state index is 11.6. The number of alkyl halides is 1. The molecule has 1 amide bonds. The van der Waals surface area contributed by atoms with Gasteiger partial charge in [0.15, 0.2) is 6.61 Å². The first-order valence-corrected chi connectivity index (χ1v) is 6.76. The van der Waals surface area contributed by atoms with Crippen LogP contribution in [0.2, 0.25) is 5.02 Å². The summed E-state index contributed by atoms with van der Waals surface area (Å²) in [4.78, 5) is 11.6. The molecule has 3 nitrogen and oxygen atoms in total. The molecule has 0 unspecified atom stereocenters. The van der Waals surface area contributed by atoms with Crippen LogP contribution in [0.1, 0.15) is 12.8 Å². The molecule has 0 saturated heterocycles. The maximum absolute atomic E-state index is 11.6. The first-order chi connectivity index (χ1) is 8.63. The van der Waals surface area contributed by atoms with Crippen molar-refractivity contribution in [1.29, 1.82) is 0 Å². The van der Waals surface area contributed by atoms with Crippen LogP contribution in [-0.4, -0.2) is 24.9 Å². The van der Waals surface area contributed by atoms with E-state index in [4.69, 9.17) is 27.9 Å². The topological polar surface area (TPSA) is 38.3 Å². The Bertz CT molecular complexity index is 433. The molecule has 0 aromatic heterocycles. The molecule has 0 heterocycles. The van der Waals surface area contributed by atoms with Gasteiger partial charge in [-0.15, -0.1) is 11.6 Å². The van der Waals surface area contributed by atoms with Crippen LogP contribution >= 0.6 is 23.2 Å². The molecule has 1 saturated carbocycles. The van der Waals surface area contributed by atoms with Gasteiger partial charge in [-0.3, -0.25) is 4.79 Å². The van der Waals surface area contributed by atoms with Crippen molar-refractivity contribution in [3.05, 3.63) is 29.3 Å². The Morgan fingerprint density at radius 3 is 2.83 bits per heavy atom. The van der Waals surface area contributed by atoms with Gasteiger partial charge in [0.05, 0.1) is 0 Å². The van der Waals surface area contributed by atoms with Gasteiger partial charge in [-0.05, 0) is 31.0 Å². The van der Waals surface area contributed by atoms with Gasteiger partial charge in [0, 0.05) is 22.9 Å². The van der Waals surface area contributed by atoms with E-state index in [1.807, 2.05) is 0 Å². The second kappa shape index (κ2) is 5.81. The molecule has 5 heteroatoms. The van der Waals surface area contributed by atoms with Gasteiger partial charge in [0.25, 0.3) is 5.91 Å². The average molecular weight is 288 g/mol. The number of halogens is 2. The number of carbonyl (C=O) groups is 1. The minimum Gasteiger partial charge on any atom is -0.484 e. The third kappa shape index (κ3) is 3.79. The summed E-state index contributed by atoms with van der Waals surface area (Å²) in [6.45, 7) is 0.632. The summed E-state index contributed by atoms with van der Waals surface area (Å²) in [6, 6.07) is 6.98. The highest BCUT2D eigenvalue weighted by molar-refractivity contribution is 6.30. The van der Waals surface area contributed by atoms with E-state index in [0.29, 0.717) is 23.2 Å². The summed E-state index contributed by atoms with van der Waals surface area (Å²) in [6.07, 6.45) is 2.18. The number of rotatable bonds is 6. The summed E-state index contributed by atoms with van der Waals surface area (Å²) in [7, 11) is 0. The highest BCUT2D eigenvalue weighted by Crippen LogP contribution is 2.45. The molecule has 0 bridgehead atoms. The molecule has 0 spiro atoms. The van der Waals surface area contributed by atoms with Crippen molar-refractivity contribution in [2.24, 2.45) is 5.41 Å². The number of benzene rings is 1. The van der Waals surface area contributed by atoms with Crippen molar-refractivity contribution in [1.82, 2.24) is 5.32 Å². The third-order valence-electron chi connectivity index (χ3n) is 3.07. The first-order valence-electron chi connectivity index (χ1n) is 5.85. The lowest BCUT2D eigenvalue weighted by atomic mass is 10.1. The molecule has 1 aromatic rings. The van der Waals surface area contributed by atoms with Gasteiger partial charge in [0.2, 0.25) is 0 Å². The summed E-state index contributed by atoms with van der Waals surface area (Å²) in [5.41, 5.74) is 0.132. The first kappa shape index (κ1) is 13.5. The SMILES string of the molecule is O=C(COc1cccc(Cl)c1)NCC1(CCl)CC1.